The highest BCUT2D eigenvalue weighted by atomic mass is 16.1. The number of likely N-dealkylation sites (N-methyl/N-ethyl adjacent to an activating group) is 1. The Labute approximate surface area is 124 Å². The van der Waals surface area contributed by atoms with Crippen molar-refractivity contribution in [3.8, 4) is 11.3 Å². The largest absolute Gasteiger partial charge is 0.354 e. The summed E-state index contributed by atoms with van der Waals surface area (Å²) in [6.07, 6.45) is 0. The third-order valence-electron chi connectivity index (χ3n) is 3.56. The Kier molecular flexibility index (Phi) is 3.59. The highest BCUT2D eigenvalue weighted by Crippen LogP contribution is 2.30. The van der Waals surface area contributed by atoms with Crippen LogP contribution in [0.4, 0.5) is 0 Å². The van der Waals surface area contributed by atoms with Crippen LogP contribution < -0.4 is 4.90 Å². The third kappa shape index (κ3) is 2.60. The predicted octanol–water partition coefficient (Wildman–Crippen LogP) is 2.16. The first kappa shape index (κ1) is 13.6. The predicted molar refractivity (Wildman–Crippen MR) is 85.7 cm³/mol. The summed E-state index contributed by atoms with van der Waals surface area (Å²) in [6, 6.07) is 18.0. The van der Waals surface area contributed by atoms with Crippen LogP contribution in [0.25, 0.3) is 22.2 Å². The lowest BCUT2D eigenvalue weighted by molar-refractivity contribution is -0.848. The number of hydrogen-bond acceptors (Lipinski definition) is 1. The molecule has 1 aromatic heterocycles. The fraction of sp³-hybridized carbons (Fsp3) is 0.167. The molecule has 106 valence electrons. The fourth-order valence-electron chi connectivity index (χ4n) is 2.66. The maximum atomic E-state index is 12.7. The van der Waals surface area contributed by atoms with Crippen molar-refractivity contribution in [1.82, 2.24) is 4.98 Å². The van der Waals surface area contributed by atoms with Gasteiger partial charge in [0.1, 0.15) is 6.54 Å². The van der Waals surface area contributed by atoms with E-state index in [2.05, 4.69) is 4.98 Å². The van der Waals surface area contributed by atoms with Crippen LogP contribution in [-0.4, -0.2) is 31.4 Å². The summed E-state index contributed by atoms with van der Waals surface area (Å²) in [5.41, 5.74) is 3.78. The normalized spacial score (nSPS) is 11.2. The smallest absolute Gasteiger partial charge is 0.219 e. The van der Waals surface area contributed by atoms with Gasteiger partial charge in [-0.1, -0.05) is 48.5 Å². The first-order valence-electron chi connectivity index (χ1n) is 7.15. The quantitative estimate of drug-likeness (QED) is 0.706. The lowest BCUT2D eigenvalue weighted by Crippen LogP contribution is -3.06. The Morgan fingerprint density at radius 3 is 2.38 bits per heavy atom. The Bertz CT molecular complexity index is 772. The molecule has 21 heavy (non-hydrogen) atoms. The van der Waals surface area contributed by atoms with Crippen LogP contribution in [0.5, 0.6) is 0 Å². The Balaban J connectivity index is 2.22. The van der Waals surface area contributed by atoms with Gasteiger partial charge in [0.05, 0.1) is 25.4 Å². The molecule has 0 radical (unpaired) electrons. The first-order chi connectivity index (χ1) is 10.2. The molecule has 0 atom stereocenters. The monoisotopic (exact) mass is 279 g/mol. The molecule has 0 saturated carbocycles. The van der Waals surface area contributed by atoms with Crippen LogP contribution in [0, 0.1) is 0 Å². The van der Waals surface area contributed by atoms with Gasteiger partial charge in [-0.2, -0.15) is 0 Å². The maximum absolute atomic E-state index is 12.7. The van der Waals surface area contributed by atoms with Crippen LogP contribution in [0.2, 0.25) is 0 Å². The Morgan fingerprint density at radius 1 is 1.00 bits per heavy atom. The number of rotatable bonds is 4. The SMILES string of the molecule is C[NH+](C)CC(=O)c1c(-c2ccccc2)[nH]c2ccccc12. The molecule has 0 aliphatic rings. The molecule has 3 rings (SSSR count). The topological polar surface area (TPSA) is 37.3 Å². The van der Waals surface area contributed by atoms with E-state index in [-0.39, 0.29) is 5.78 Å². The van der Waals surface area contributed by atoms with Crippen molar-refractivity contribution in [3.05, 3.63) is 60.2 Å². The molecule has 0 fully saturated rings. The van der Waals surface area contributed by atoms with Gasteiger partial charge in [-0.15, -0.1) is 0 Å². The second-order valence-electron chi connectivity index (χ2n) is 5.59. The minimum Gasteiger partial charge on any atom is -0.354 e. The summed E-state index contributed by atoms with van der Waals surface area (Å²) in [4.78, 5) is 17.2. The van der Waals surface area contributed by atoms with E-state index in [1.807, 2.05) is 68.7 Å². The van der Waals surface area contributed by atoms with Gasteiger partial charge >= 0.3 is 0 Å². The number of para-hydroxylation sites is 1. The number of H-pyrrole nitrogens is 1. The molecule has 1 heterocycles. The number of Topliss-reactive ketones (excluding diaryl/α,β-unsaturated/α-hetero) is 1. The number of carbonyl (C=O) groups is 1. The average Bonchev–Trinajstić information content (AvgIpc) is 2.87. The number of benzene rings is 2. The van der Waals surface area contributed by atoms with Crippen molar-refractivity contribution in [2.24, 2.45) is 0 Å². The molecule has 0 amide bonds. The number of nitrogens with one attached hydrogen (secondary N) is 2. The van der Waals surface area contributed by atoms with E-state index in [0.29, 0.717) is 6.54 Å². The fourth-order valence-corrected chi connectivity index (χ4v) is 2.66. The first-order valence-corrected chi connectivity index (χ1v) is 7.15. The second kappa shape index (κ2) is 5.54. The van der Waals surface area contributed by atoms with Crippen LogP contribution in [0.3, 0.4) is 0 Å². The molecular formula is C18H19N2O+. The van der Waals surface area contributed by atoms with Crippen molar-refractivity contribution in [3.63, 3.8) is 0 Å². The zero-order chi connectivity index (χ0) is 14.8. The summed E-state index contributed by atoms with van der Waals surface area (Å²) in [6.45, 7) is 0.488. The van der Waals surface area contributed by atoms with Gasteiger partial charge in [0.15, 0.2) is 0 Å². The van der Waals surface area contributed by atoms with Crippen molar-refractivity contribution >= 4 is 16.7 Å². The minimum absolute atomic E-state index is 0.173. The van der Waals surface area contributed by atoms with Crippen LogP contribution in [-0.2, 0) is 0 Å². The summed E-state index contributed by atoms with van der Waals surface area (Å²) in [5, 5.41) is 1.00. The second-order valence-corrected chi connectivity index (χ2v) is 5.59. The number of aromatic amines is 1. The molecule has 2 N–H and O–H groups in total. The standard InChI is InChI=1S/C18H18N2O/c1-20(2)12-16(21)17-14-10-6-7-11-15(14)19-18(17)13-8-4-3-5-9-13/h3-11,19H,12H2,1-2H3/p+1. The molecule has 3 heteroatoms. The number of ketones is 1. The van der Waals surface area contributed by atoms with E-state index >= 15 is 0 Å². The highest BCUT2D eigenvalue weighted by Gasteiger charge is 2.20. The molecule has 0 aliphatic heterocycles. The third-order valence-corrected chi connectivity index (χ3v) is 3.56. The molecule has 3 nitrogen and oxygen atoms in total. The molecule has 0 bridgehead atoms. The number of quaternary nitrogens is 1. The summed E-state index contributed by atoms with van der Waals surface area (Å²) < 4.78 is 0. The van der Waals surface area contributed by atoms with E-state index < -0.39 is 0 Å². The summed E-state index contributed by atoms with van der Waals surface area (Å²) in [7, 11) is 3.99. The van der Waals surface area contributed by atoms with Gasteiger partial charge in [0, 0.05) is 10.9 Å². The van der Waals surface area contributed by atoms with Gasteiger partial charge in [-0.25, -0.2) is 0 Å². The van der Waals surface area contributed by atoms with Crippen molar-refractivity contribution in [2.75, 3.05) is 20.6 Å². The number of fused-ring (bicyclic) bond motifs is 1. The van der Waals surface area contributed by atoms with Crippen LogP contribution >= 0.6 is 0 Å². The van der Waals surface area contributed by atoms with E-state index in [1.54, 1.807) is 0 Å². The molecule has 0 unspecified atom stereocenters. The zero-order valence-corrected chi connectivity index (χ0v) is 12.3. The van der Waals surface area contributed by atoms with Gasteiger partial charge in [-0.3, -0.25) is 4.79 Å². The Hall–Kier alpha value is -2.39. The van der Waals surface area contributed by atoms with Crippen LogP contribution in [0.15, 0.2) is 54.6 Å². The maximum Gasteiger partial charge on any atom is 0.219 e. The van der Waals surface area contributed by atoms with Crippen molar-refractivity contribution in [2.45, 2.75) is 0 Å². The number of hydrogen-bond donors (Lipinski definition) is 2. The molecule has 2 aromatic carbocycles. The number of carbonyl (C=O) groups excluding carboxylic acids is 1. The molecule has 0 saturated heterocycles. The van der Waals surface area contributed by atoms with Gasteiger partial charge in [0.25, 0.3) is 0 Å². The molecular weight excluding hydrogens is 260 g/mol. The molecule has 0 spiro atoms. The van der Waals surface area contributed by atoms with Gasteiger partial charge in [0.2, 0.25) is 5.78 Å². The lowest BCUT2D eigenvalue weighted by Gasteiger charge is -2.08. The molecule has 0 aliphatic carbocycles. The van der Waals surface area contributed by atoms with E-state index in [0.717, 1.165) is 32.6 Å². The van der Waals surface area contributed by atoms with E-state index in [9.17, 15) is 4.79 Å². The minimum atomic E-state index is 0.173. The Morgan fingerprint density at radius 2 is 1.67 bits per heavy atom. The lowest BCUT2D eigenvalue weighted by atomic mass is 10.0. The summed E-state index contributed by atoms with van der Waals surface area (Å²) >= 11 is 0. The highest BCUT2D eigenvalue weighted by molar-refractivity contribution is 6.13. The van der Waals surface area contributed by atoms with E-state index in [4.69, 9.17) is 0 Å². The molecule has 3 aromatic rings. The zero-order valence-electron chi connectivity index (χ0n) is 12.3. The van der Waals surface area contributed by atoms with Gasteiger partial charge < -0.3 is 9.88 Å². The van der Waals surface area contributed by atoms with Crippen molar-refractivity contribution < 1.29 is 9.69 Å². The van der Waals surface area contributed by atoms with Gasteiger partial charge in [-0.05, 0) is 11.6 Å². The van der Waals surface area contributed by atoms with Crippen LogP contribution in [0.1, 0.15) is 10.4 Å². The van der Waals surface area contributed by atoms with Crippen molar-refractivity contribution in [1.29, 1.82) is 0 Å². The van der Waals surface area contributed by atoms with E-state index in [1.165, 1.54) is 0 Å². The average molecular weight is 279 g/mol. The number of aromatic nitrogens is 1. The summed E-state index contributed by atoms with van der Waals surface area (Å²) in [5.74, 6) is 0.173.